The molecule has 61 heavy (non-hydrogen) atoms. The maximum atomic E-state index is 14.4. The highest BCUT2D eigenvalue weighted by Gasteiger charge is 2.50. The molecular formula is C44H62N4O13. The fourth-order valence-electron chi connectivity index (χ4n) is 7.92. The van der Waals surface area contributed by atoms with Gasteiger partial charge in [0.15, 0.2) is 5.75 Å². The van der Waals surface area contributed by atoms with Crippen LogP contribution in [0.3, 0.4) is 0 Å². The smallest absolute Gasteiger partial charge is 0.312 e. The number of rotatable bonds is 4. The lowest BCUT2D eigenvalue weighted by Gasteiger charge is -2.38. The summed E-state index contributed by atoms with van der Waals surface area (Å²) in [5.74, 6) is -8.34. The average Bonchev–Trinajstić information content (AvgIpc) is 3.50. The van der Waals surface area contributed by atoms with Crippen LogP contribution in [0.1, 0.15) is 70.0 Å². The van der Waals surface area contributed by atoms with E-state index in [-0.39, 0.29) is 44.5 Å². The second-order valence-corrected chi connectivity index (χ2v) is 16.1. The number of ether oxygens (including phenoxy) is 4. The van der Waals surface area contributed by atoms with Crippen LogP contribution in [0.15, 0.2) is 41.2 Å². The molecule has 5 bridgehead atoms. The number of benzene rings is 2. The lowest BCUT2D eigenvalue weighted by molar-refractivity contribution is -0.160. The topological polar surface area (TPSA) is 240 Å². The number of esters is 1. The van der Waals surface area contributed by atoms with Crippen molar-refractivity contribution in [3.63, 3.8) is 0 Å². The van der Waals surface area contributed by atoms with Crippen LogP contribution in [0.2, 0.25) is 0 Å². The second kappa shape index (κ2) is 20.1. The molecule has 17 nitrogen and oxygen atoms in total. The van der Waals surface area contributed by atoms with Crippen LogP contribution in [0.25, 0.3) is 10.8 Å². The summed E-state index contributed by atoms with van der Waals surface area (Å²) in [5, 5.41) is 73.8. The summed E-state index contributed by atoms with van der Waals surface area (Å²) in [6, 6.07) is 0. The predicted octanol–water partition coefficient (Wildman–Crippen LogP) is 3.94. The van der Waals surface area contributed by atoms with Gasteiger partial charge in [0.25, 0.3) is 11.7 Å². The molecule has 1 fully saturated rings. The van der Waals surface area contributed by atoms with Crippen molar-refractivity contribution in [3.05, 3.63) is 52.8 Å². The summed E-state index contributed by atoms with van der Waals surface area (Å²) in [4.78, 5) is 42.6. The number of fused-ring (bicyclic) bond motifs is 14. The molecule has 336 valence electrons. The van der Waals surface area contributed by atoms with Crippen molar-refractivity contribution in [1.82, 2.24) is 9.91 Å². The third-order valence-corrected chi connectivity index (χ3v) is 11.9. The number of aliphatic hydroxyl groups excluding tert-OH is 3. The summed E-state index contributed by atoms with van der Waals surface area (Å²) in [7, 11) is 4.42. The Labute approximate surface area is 356 Å². The molecule has 2 aromatic carbocycles. The van der Waals surface area contributed by atoms with Gasteiger partial charge in [-0.1, -0.05) is 45.9 Å². The van der Waals surface area contributed by atoms with Crippen molar-refractivity contribution in [1.29, 1.82) is 0 Å². The number of likely N-dealkylation sites (N-methyl/N-ethyl adjacent to an activating group) is 1. The summed E-state index contributed by atoms with van der Waals surface area (Å²) in [6.45, 7) is 15.1. The van der Waals surface area contributed by atoms with Crippen LogP contribution >= 0.6 is 0 Å². The zero-order valence-corrected chi connectivity index (χ0v) is 36.8. The highest BCUT2D eigenvalue weighted by Crippen LogP contribution is 2.55. The predicted molar refractivity (Wildman–Crippen MR) is 229 cm³/mol. The van der Waals surface area contributed by atoms with E-state index in [1.807, 2.05) is 7.05 Å². The van der Waals surface area contributed by atoms with E-state index in [9.17, 15) is 39.9 Å². The third-order valence-electron chi connectivity index (χ3n) is 11.9. The van der Waals surface area contributed by atoms with E-state index < -0.39 is 88.8 Å². The summed E-state index contributed by atoms with van der Waals surface area (Å²) < 4.78 is 23.6. The Morgan fingerprint density at radius 2 is 1.57 bits per heavy atom. The molecule has 9 atom stereocenters. The number of ketones is 1. The number of nitrogens with one attached hydrogen (secondary N) is 1. The number of phenols is 3. The molecular weight excluding hydrogens is 792 g/mol. The number of nitrogens with zero attached hydrogens (tertiary/aromatic N) is 3. The first kappa shape index (κ1) is 48.5. The van der Waals surface area contributed by atoms with E-state index in [4.69, 9.17) is 24.1 Å². The minimum Gasteiger partial charge on any atom is -0.507 e. The highest BCUT2D eigenvalue weighted by molar-refractivity contribution is 6.23. The molecule has 1 amide bonds. The zero-order valence-electron chi connectivity index (χ0n) is 36.8. The molecule has 0 spiro atoms. The second-order valence-electron chi connectivity index (χ2n) is 16.1. The minimum absolute atomic E-state index is 0.0559. The number of anilines is 1. The summed E-state index contributed by atoms with van der Waals surface area (Å²) >= 11 is 0. The van der Waals surface area contributed by atoms with Crippen LogP contribution in [-0.2, 0) is 23.8 Å². The SMILES string of the molecule is CO.CO[C@H]1C=CO[C@@]2(C)Oc3c(C)c(O)c4c(O)c(c(C=NN5CCN(C)CC5)c(O)c4c3C2=O)NC(=O)C(C)=CC=C[C@H](C)[C@H](O)[C@@H](C)[C@@H](O)[C@@H](C)[C@H](OC(C)=O)[C@@H]1C. The molecule has 7 N–H and O–H groups in total. The van der Waals surface area contributed by atoms with Crippen molar-refractivity contribution >= 4 is 40.3 Å². The van der Waals surface area contributed by atoms with Crippen LogP contribution in [-0.4, -0.2) is 142 Å². The molecule has 0 aliphatic carbocycles. The summed E-state index contributed by atoms with van der Waals surface area (Å²) in [6.07, 6.45) is 4.86. The number of carbonyl (C=O) groups is 3. The first-order valence-corrected chi connectivity index (χ1v) is 20.2. The molecule has 0 radical (unpaired) electrons. The van der Waals surface area contributed by atoms with Crippen LogP contribution in [0, 0.1) is 30.6 Å². The summed E-state index contributed by atoms with van der Waals surface area (Å²) in [5.41, 5.74) is -0.350. The van der Waals surface area contributed by atoms with Gasteiger partial charge in [-0.25, -0.2) is 0 Å². The highest BCUT2D eigenvalue weighted by atomic mass is 16.7. The Balaban J connectivity index is 0.00000403. The first-order chi connectivity index (χ1) is 28.7. The van der Waals surface area contributed by atoms with E-state index in [2.05, 4.69) is 15.3 Å². The van der Waals surface area contributed by atoms with Crippen molar-refractivity contribution in [3.8, 4) is 23.0 Å². The Kier molecular flexibility index (Phi) is 16.0. The van der Waals surface area contributed by atoms with Gasteiger partial charge >= 0.3 is 11.8 Å². The lowest BCUT2D eigenvalue weighted by Crippen LogP contribution is -2.46. The number of aliphatic hydroxyl groups is 3. The maximum absolute atomic E-state index is 14.4. The lowest BCUT2D eigenvalue weighted by atomic mass is 9.78. The van der Waals surface area contributed by atoms with Gasteiger partial charge in [-0.15, -0.1) is 0 Å². The van der Waals surface area contributed by atoms with Crippen molar-refractivity contribution < 1.29 is 64.0 Å². The monoisotopic (exact) mass is 854 g/mol. The van der Waals surface area contributed by atoms with Crippen molar-refractivity contribution in [2.75, 3.05) is 52.8 Å². The molecule has 1 saturated heterocycles. The molecule has 2 aromatic rings. The Morgan fingerprint density at radius 3 is 2.18 bits per heavy atom. The number of methoxy groups -OCH3 is 1. The third kappa shape index (κ3) is 9.97. The number of hydrazone groups is 1. The molecule has 0 saturated carbocycles. The van der Waals surface area contributed by atoms with E-state index in [1.54, 1.807) is 44.9 Å². The van der Waals surface area contributed by atoms with Gasteiger partial charge in [0, 0.05) is 94.4 Å². The van der Waals surface area contributed by atoms with Crippen LogP contribution in [0.5, 0.6) is 23.0 Å². The molecule has 4 aliphatic rings. The first-order valence-electron chi connectivity index (χ1n) is 20.2. The van der Waals surface area contributed by atoms with E-state index in [0.29, 0.717) is 13.1 Å². The van der Waals surface area contributed by atoms with Gasteiger partial charge < -0.3 is 59.8 Å². The van der Waals surface area contributed by atoms with Crippen molar-refractivity contribution in [2.45, 2.75) is 85.6 Å². The number of Topliss-reactive ketones (excluding diaryl/α,β-unsaturated/α-hetero) is 1. The molecule has 4 heterocycles. The fraction of sp³-hybridized carbons (Fsp3) is 0.545. The number of hydrogen-bond acceptors (Lipinski definition) is 16. The number of carbonyl (C=O) groups excluding carboxylic acids is 3. The molecule has 0 aromatic heterocycles. The van der Waals surface area contributed by atoms with E-state index >= 15 is 0 Å². The number of allylic oxidation sites excluding steroid dienone is 2. The van der Waals surface area contributed by atoms with Gasteiger partial charge in [-0.05, 0) is 27.0 Å². The minimum atomic E-state index is -2.04. The molecule has 0 unspecified atom stereocenters. The quantitative estimate of drug-likeness (QED) is 0.0998. The number of piperazine rings is 1. The average molecular weight is 855 g/mol. The Morgan fingerprint density at radius 1 is 0.934 bits per heavy atom. The van der Waals surface area contributed by atoms with Gasteiger partial charge in [0.05, 0.1) is 53.0 Å². The Hall–Kier alpha value is -5.20. The fourth-order valence-corrected chi connectivity index (χ4v) is 7.92. The molecule has 6 rings (SSSR count). The molecule has 4 aliphatic heterocycles. The Bertz CT molecular complexity index is 2080. The number of amides is 1. The van der Waals surface area contributed by atoms with Crippen LogP contribution < -0.4 is 10.1 Å². The number of hydrogen-bond donors (Lipinski definition) is 7. The number of aromatic hydroxyl groups is 3. The van der Waals surface area contributed by atoms with Gasteiger partial charge in [0.1, 0.15) is 23.4 Å². The van der Waals surface area contributed by atoms with Crippen molar-refractivity contribution in [2.24, 2.45) is 28.8 Å². The maximum Gasteiger partial charge on any atom is 0.312 e. The van der Waals surface area contributed by atoms with E-state index in [0.717, 1.165) is 20.2 Å². The normalized spacial score (nSPS) is 29.2. The van der Waals surface area contributed by atoms with Gasteiger partial charge in [0.2, 0.25) is 0 Å². The van der Waals surface area contributed by atoms with Crippen LogP contribution in [0.4, 0.5) is 5.69 Å². The largest absolute Gasteiger partial charge is 0.507 e. The van der Waals surface area contributed by atoms with E-state index in [1.165, 1.54) is 59.4 Å². The molecule has 17 heteroatoms. The number of phenolic OH excluding ortho intramolecular Hbond substituents is 3. The standard InChI is InChI=1S/C43H58N4O12.CH4O/c1-21-12-11-13-22(2)42(55)45-33-28(20-44-47-17-15-46(9)16-18-47)37(52)30-31(38(33)53)36(51)26(6)40-32(30)41(54)43(8,59-40)57-19-14-29(56-10)23(3)39(58-27(7)48)25(5)35(50)24(4)34(21)49;1-2/h11-14,19-21,23-25,29,34-35,39,49-53H,15-18H2,1-10H3,(H,45,55);2H,1H3/t21-,23+,24+,25+,29-,34-,35+,39+,43-;/m0./s1. The zero-order chi connectivity index (χ0) is 45.7. The van der Waals surface area contributed by atoms with Gasteiger partial charge in [-0.2, -0.15) is 5.10 Å². The van der Waals surface area contributed by atoms with Gasteiger partial charge in [-0.3, -0.25) is 19.4 Å².